The topological polar surface area (TPSA) is 56.9 Å². The number of piperazine rings is 1. The number of aryl methyl sites for hydroxylation is 1. The Morgan fingerprint density at radius 3 is 2.65 bits per heavy atom. The summed E-state index contributed by atoms with van der Waals surface area (Å²) in [6.07, 6.45) is 2.12. The molecule has 0 spiro atoms. The minimum absolute atomic E-state index is 0.208. The number of rotatable bonds is 6. The number of hydrogen-bond donors (Lipinski definition) is 1. The van der Waals surface area contributed by atoms with Crippen molar-refractivity contribution in [1.82, 2.24) is 9.80 Å². The van der Waals surface area contributed by atoms with Gasteiger partial charge >= 0.3 is 0 Å². The van der Waals surface area contributed by atoms with Crippen molar-refractivity contribution in [3.05, 3.63) is 23.7 Å². The Morgan fingerprint density at radius 2 is 2.04 bits per heavy atom. The number of β-amino-alcohol motifs (C(OH)–C–C–N with tert-alkyl or cyclic N) is 1. The summed E-state index contributed by atoms with van der Waals surface area (Å²) >= 11 is 0. The molecule has 1 saturated carbocycles. The third kappa shape index (κ3) is 4.36. The summed E-state index contributed by atoms with van der Waals surface area (Å²) < 4.78 is 5.87. The standard InChI is InChI=1S/C18H28N2O3/c1-13-11-16(13)17-5-3-15(23-17)4-6-18(22)20-9-7-19(8-10-20)12-14(2)21/h3,5,13-14,16,21H,4,6-12H2,1-2H3. The van der Waals surface area contributed by atoms with Gasteiger partial charge in [-0.05, 0) is 31.4 Å². The predicted molar refractivity (Wildman–Crippen MR) is 88.3 cm³/mol. The SMILES string of the molecule is CC(O)CN1CCN(C(=O)CCc2ccc(C3CC3C)o2)CC1. The Hall–Kier alpha value is -1.33. The number of carbonyl (C=O) groups is 1. The Bertz CT molecular complexity index is 532. The number of hydrogen-bond acceptors (Lipinski definition) is 4. The Morgan fingerprint density at radius 1 is 1.35 bits per heavy atom. The largest absolute Gasteiger partial charge is 0.466 e. The van der Waals surface area contributed by atoms with E-state index in [-0.39, 0.29) is 12.0 Å². The molecule has 1 aliphatic heterocycles. The van der Waals surface area contributed by atoms with E-state index in [4.69, 9.17) is 4.42 Å². The second-order valence-corrected chi connectivity index (χ2v) is 7.15. The highest BCUT2D eigenvalue weighted by Gasteiger charge is 2.36. The zero-order valence-corrected chi connectivity index (χ0v) is 14.2. The molecule has 2 aliphatic rings. The van der Waals surface area contributed by atoms with Crippen LogP contribution in [0.4, 0.5) is 0 Å². The maximum absolute atomic E-state index is 12.3. The van der Waals surface area contributed by atoms with Crippen LogP contribution in [0, 0.1) is 5.92 Å². The summed E-state index contributed by atoms with van der Waals surface area (Å²) in [5.41, 5.74) is 0. The molecule has 1 aromatic heterocycles. The van der Waals surface area contributed by atoms with E-state index in [2.05, 4.69) is 17.9 Å². The third-order valence-corrected chi connectivity index (χ3v) is 4.99. The normalized spacial score (nSPS) is 26.3. The van der Waals surface area contributed by atoms with Crippen LogP contribution in [0.2, 0.25) is 0 Å². The van der Waals surface area contributed by atoms with E-state index in [0.717, 1.165) is 43.6 Å². The fourth-order valence-corrected chi connectivity index (χ4v) is 3.39. The number of aliphatic hydroxyl groups excluding tert-OH is 1. The van der Waals surface area contributed by atoms with Gasteiger partial charge in [-0.1, -0.05) is 6.92 Å². The molecule has 5 heteroatoms. The minimum Gasteiger partial charge on any atom is -0.466 e. The van der Waals surface area contributed by atoms with Gasteiger partial charge in [0.15, 0.2) is 0 Å². The van der Waals surface area contributed by atoms with Crippen LogP contribution in [0.25, 0.3) is 0 Å². The molecule has 5 nitrogen and oxygen atoms in total. The van der Waals surface area contributed by atoms with Crippen molar-refractivity contribution in [3.63, 3.8) is 0 Å². The smallest absolute Gasteiger partial charge is 0.223 e. The van der Waals surface area contributed by atoms with E-state index in [1.165, 1.54) is 6.42 Å². The first-order valence-electron chi connectivity index (χ1n) is 8.79. The van der Waals surface area contributed by atoms with Crippen LogP contribution in [0.5, 0.6) is 0 Å². The number of aliphatic hydroxyl groups is 1. The lowest BCUT2D eigenvalue weighted by molar-refractivity contribution is -0.133. The van der Waals surface area contributed by atoms with Gasteiger partial charge in [0.2, 0.25) is 5.91 Å². The highest BCUT2D eigenvalue weighted by molar-refractivity contribution is 5.76. The quantitative estimate of drug-likeness (QED) is 0.869. The summed E-state index contributed by atoms with van der Waals surface area (Å²) in [7, 11) is 0. The molecule has 128 valence electrons. The number of amides is 1. The van der Waals surface area contributed by atoms with Crippen molar-refractivity contribution in [2.45, 2.75) is 45.1 Å². The predicted octanol–water partition coefficient (Wildman–Crippen LogP) is 1.86. The highest BCUT2D eigenvalue weighted by Crippen LogP contribution is 2.47. The minimum atomic E-state index is -0.306. The van der Waals surface area contributed by atoms with Gasteiger partial charge in [0.05, 0.1) is 6.10 Å². The van der Waals surface area contributed by atoms with E-state index >= 15 is 0 Å². The first-order chi connectivity index (χ1) is 11.0. The lowest BCUT2D eigenvalue weighted by Gasteiger charge is -2.35. The molecule has 1 saturated heterocycles. The van der Waals surface area contributed by atoms with E-state index in [1.54, 1.807) is 6.92 Å². The number of furan rings is 1. The fourth-order valence-electron chi connectivity index (χ4n) is 3.39. The maximum atomic E-state index is 12.3. The average molecular weight is 320 g/mol. The first kappa shape index (κ1) is 16.5. The van der Waals surface area contributed by atoms with Crippen molar-refractivity contribution in [1.29, 1.82) is 0 Å². The summed E-state index contributed by atoms with van der Waals surface area (Å²) in [4.78, 5) is 16.5. The summed E-state index contributed by atoms with van der Waals surface area (Å²) in [5.74, 6) is 3.57. The highest BCUT2D eigenvalue weighted by atomic mass is 16.3. The molecule has 1 aromatic rings. The molecular weight excluding hydrogens is 292 g/mol. The summed E-state index contributed by atoms with van der Waals surface area (Å²) in [6, 6.07) is 4.09. The van der Waals surface area contributed by atoms with Crippen molar-refractivity contribution in [2.75, 3.05) is 32.7 Å². The molecule has 3 unspecified atom stereocenters. The van der Waals surface area contributed by atoms with Gasteiger partial charge in [0, 0.05) is 51.5 Å². The van der Waals surface area contributed by atoms with E-state index in [0.29, 0.717) is 25.3 Å². The molecule has 2 heterocycles. The molecule has 1 amide bonds. The Kier molecular flexibility index (Phi) is 5.07. The molecule has 0 radical (unpaired) electrons. The number of carbonyl (C=O) groups excluding carboxylic acids is 1. The van der Waals surface area contributed by atoms with Crippen LogP contribution in [-0.2, 0) is 11.2 Å². The first-order valence-corrected chi connectivity index (χ1v) is 8.79. The van der Waals surface area contributed by atoms with Gasteiger partial charge in [-0.3, -0.25) is 9.69 Å². The van der Waals surface area contributed by atoms with Gasteiger partial charge in [-0.15, -0.1) is 0 Å². The lowest BCUT2D eigenvalue weighted by Crippen LogP contribution is -2.50. The fraction of sp³-hybridized carbons (Fsp3) is 0.722. The zero-order chi connectivity index (χ0) is 16.4. The Balaban J connectivity index is 1.40. The van der Waals surface area contributed by atoms with Crippen LogP contribution < -0.4 is 0 Å². The molecule has 1 N–H and O–H groups in total. The van der Waals surface area contributed by atoms with Crippen LogP contribution in [0.3, 0.4) is 0 Å². The molecule has 23 heavy (non-hydrogen) atoms. The van der Waals surface area contributed by atoms with E-state index in [9.17, 15) is 9.90 Å². The molecule has 0 aromatic carbocycles. The zero-order valence-electron chi connectivity index (χ0n) is 14.2. The van der Waals surface area contributed by atoms with Crippen molar-refractivity contribution in [2.24, 2.45) is 5.92 Å². The number of nitrogens with zero attached hydrogens (tertiary/aromatic N) is 2. The second-order valence-electron chi connectivity index (χ2n) is 7.15. The third-order valence-electron chi connectivity index (χ3n) is 4.99. The van der Waals surface area contributed by atoms with Gasteiger partial charge in [0.1, 0.15) is 11.5 Å². The molecule has 1 aliphatic carbocycles. The second kappa shape index (κ2) is 7.05. The molecule has 3 atom stereocenters. The van der Waals surface area contributed by atoms with Crippen LogP contribution in [0.15, 0.2) is 16.5 Å². The Labute approximate surface area is 138 Å². The lowest BCUT2D eigenvalue weighted by atomic mass is 10.2. The average Bonchev–Trinajstić information content (AvgIpc) is 3.07. The van der Waals surface area contributed by atoms with Crippen molar-refractivity contribution in [3.8, 4) is 0 Å². The summed E-state index contributed by atoms with van der Waals surface area (Å²) in [5, 5.41) is 9.42. The molecule has 2 fully saturated rings. The van der Waals surface area contributed by atoms with Crippen molar-refractivity contribution < 1.29 is 14.3 Å². The van der Waals surface area contributed by atoms with Gasteiger partial charge in [-0.25, -0.2) is 0 Å². The van der Waals surface area contributed by atoms with Crippen LogP contribution in [-0.4, -0.2) is 59.6 Å². The van der Waals surface area contributed by atoms with Crippen LogP contribution in [0.1, 0.15) is 44.1 Å². The summed E-state index contributed by atoms with van der Waals surface area (Å²) in [6.45, 7) is 7.95. The van der Waals surface area contributed by atoms with Crippen LogP contribution >= 0.6 is 0 Å². The van der Waals surface area contributed by atoms with E-state index in [1.807, 2.05) is 11.0 Å². The molecule has 3 rings (SSSR count). The van der Waals surface area contributed by atoms with E-state index < -0.39 is 0 Å². The van der Waals surface area contributed by atoms with Crippen molar-refractivity contribution >= 4 is 5.91 Å². The van der Waals surface area contributed by atoms with Gasteiger partial charge in [0.25, 0.3) is 0 Å². The molecular formula is C18H28N2O3. The maximum Gasteiger partial charge on any atom is 0.223 e. The van der Waals surface area contributed by atoms with Gasteiger partial charge in [-0.2, -0.15) is 0 Å². The van der Waals surface area contributed by atoms with Gasteiger partial charge < -0.3 is 14.4 Å². The molecule has 0 bridgehead atoms. The monoisotopic (exact) mass is 320 g/mol.